The molecule has 2 nitrogen and oxygen atoms in total. The first-order valence-electron chi connectivity index (χ1n) is 6.04. The van der Waals surface area contributed by atoms with E-state index in [2.05, 4.69) is 0 Å². The summed E-state index contributed by atoms with van der Waals surface area (Å²) in [6.45, 7) is 0. The lowest BCUT2D eigenvalue weighted by atomic mass is 9.96. The van der Waals surface area contributed by atoms with E-state index in [0.29, 0.717) is 11.4 Å². The first kappa shape index (κ1) is 12.9. The van der Waals surface area contributed by atoms with Crippen molar-refractivity contribution in [3.8, 4) is 0 Å². The molecule has 3 heteroatoms. The SMILES string of the molecule is O=C(O)c1ccc(CCCCCl)c2ccccc12. The van der Waals surface area contributed by atoms with Crippen LogP contribution in [0, 0.1) is 0 Å². The van der Waals surface area contributed by atoms with E-state index in [9.17, 15) is 9.90 Å². The molecular weight excluding hydrogens is 248 g/mol. The number of aryl methyl sites for hydroxylation is 1. The molecule has 0 atom stereocenters. The normalized spacial score (nSPS) is 10.7. The molecule has 0 spiro atoms. The first-order chi connectivity index (χ1) is 8.74. The van der Waals surface area contributed by atoms with E-state index in [1.807, 2.05) is 30.3 Å². The molecule has 0 aliphatic heterocycles. The van der Waals surface area contributed by atoms with Gasteiger partial charge in [-0.15, -0.1) is 11.6 Å². The molecule has 0 saturated heterocycles. The molecule has 0 aromatic heterocycles. The Morgan fingerprint density at radius 1 is 1.06 bits per heavy atom. The van der Waals surface area contributed by atoms with Crippen LogP contribution in [0.15, 0.2) is 36.4 Å². The number of alkyl halides is 1. The third-order valence-electron chi connectivity index (χ3n) is 3.07. The van der Waals surface area contributed by atoms with Crippen molar-refractivity contribution in [3.05, 3.63) is 47.5 Å². The van der Waals surface area contributed by atoms with Gasteiger partial charge in [0.25, 0.3) is 0 Å². The summed E-state index contributed by atoms with van der Waals surface area (Å²) in [6.07, 6.45) is 2.95. The van der Waals surface area contributed by atoms with Crippen LogP contribution in [0.25, 0.3) is 10.8 Å². The largest absolute Gasteiger partial charge is 0.478 e. The standard InChI is InChI=1S/C15H15ClO2/c16-10-4-3-5-11-8-9-14(15(17)18)13-7-2-1-6-12(11)13/h1-2,6-9H,3-5,10H2,(H,17,18). The Hall–Kier alpha value is -1.54. The number of hydrogen-bond donors (Lipinski definition) is 1. The minimum absolute atomic E-state index is 0.367. The predicted octanol–water partition coefficient (Wildman–Crippen LogP) is 4.10. The van der Waals surface area contributed by atoms with Gasteiger partial charge in [-0.2, -0.15) is 0 Å². The van der Waals surface area contributed by atoms with Crippen LogP contribution in [0.1, 0.15) is 28.8 Å². The van der Waals surface area contributed by atoms with Gasteiger partial charge in [-0.1, -0.05) is 30.3 Å². The molecule has 1 N–H and O–H groups in total. The van der Waals surface area contributed by atoms with Crippen LogP contribution in [0.2, 0.25) is 0 Å². The topological polar surface area (TPSA) is 37.3 Å². The van der Waals surface area contributed by atoms with Crippen LogP contribution < -0.4 is 0 Å². The smallest absolute Gasteiger partial charge is 0.336 e. The molecule has 0 heterocycles. The molecule has 0 amide bonds. The highest BCUT2D eigenvalue weighted by Gasteiger charge is 2.10. The number of aromatic carboxylic acids is 1. The Bertz CT molecular complexity index is 563. The van der Waals surface area contributed by atoms with Crippen molar-refractivity contribution in [2.45, 2.75) is 19.3 Å². The van der Waals surface area contributed by atoms with Crippen molar-refractivity contribution in [1.29, 1.82) is 0 Å². The van der Waals surface area contributed by atoms with Crippen LogP contribution in [-0.4, -0.2) is 17.0 Å². The maximum absolute atomic E-state index is 11.2. The fraction of sp³-hybridized carbons (Fsp3) is 0.267. The molecule has 0 saturated carbocycles. The number of halogens is 1. The van der Waals surface area contributed by atoms with Crippen LogP contribution in [-0.2, 0) is 6.42 Å². The monoisotopic (exact) mass is 262 g/mol. The summed E-state index contributed by atoms with van der Waals surface area (Å²) in [4.78, 5) is 11.2. The van der Waals surface area contributed by atoms with E-state index in [4.69, 9.17) is 11.6 Å². The Morgan fingerprint density at radius 2 is 1.78 bits per heavy atom. The minimum atomic E-state index is -0.876. The molecule has 0 bridgehead atoms. The summed E-state index contributed by atoms with van der Waals surface area (Å²) in [5.41, 5.74) is 1.56. The molecule has 0 unspecified atom stereocenters. The number of fused-ring (bicyclic) bond motifs is 1. The van der Waals surface area contributed by atoms with Crippen molar-refractivity contribution in [1.82, 2.24) is 0 Å². The summed E-state index contributed by atoms with van der Waals surface area (Å²) in [5, 5.41) is 11.0. The maximum atomic E-state index is 11.2. The third-order valence-corrected chi connectivity index (χ3v) is 3.34. The number of carbonyl (C=O) groups is 1. The zero-order valence-electron chi connectivity index (χ0n) is 10.0. The van der Waals surface area contributed by atoms with Gasteiger partial charge in [0, 0.05) is 5.88 Å². The lowest BCUT2D eigenvalue weighted by Crippen LogP contribution is -1.99. The van der Waals surface area contributed by atoms with Gasteiger partial charge >= 0.3 is 5.97 Å². The third kappa shape index (κ3) is 2.65. The average Bonchev–Trinajstić information content (AvgIpc) is 2.38. The molecule has 94 valence electrons. The van der Waals surface area contributed by atoms with Gasteiger partial charge in [0.15, 0.2) is 0 Å². The fourth-order valence-electron chi connectivity index (χ4n) is 2.18. The van der Waals surface area contributed by atoms with Crippen molar-refractivity contribution >= 4 is 28.3 Å². The Kier molecular flexibility index (Phi) is 4.21. The van der Waals surface area contributed by atoms with E-state index in [1.54, 1.807) is 6.07 Å². The van der Waals surface area contributed by atoms with Crippen LogP contribution in [0.3, 0.4) is 0 Å². The van der Waals surface area contributed by atoms with E-state index in [1.165, 1.54) is 5.56 Å². The fourth-order valence-corrected chi connectivity index (χ4v) is 2.36. The van der Waals surface area contributed by atoms with Crippen LogP contribution in [0.5, 0.6) is 0 Å². The van der Waals surface area contributed by atoms with Gasteiger partial charge in [-0.25, -0.2) is 4.79 Å². The lowest BCUT2D eigenvalue weighted by molar-refractivity contribution is 0.0699. The van der Waals surface area contributed by atoms with E-state index in [-0.39, 0.29) is 0 Å². The molecule has 2 aromatic carbocycles. The van der Waals surface area contributed by atoms with Crippen LogP contribution >= 0.6 is 11.6 Å². The summed E-state index contributed by atoms with van der Waals surface area (Å²) in [6, 6.07) is 11.3. The molecule has 18 heavy (non-hydrogen) atoms. The van der Waals surface area contributed by atoms with Crippen molar-refractivity contribution in [2.24, 2.45) is 0 Å². The maximum Gasteiger partial charge on any atom is 0.336 e. The Balaban J connectivity index is 2.44. The molecule has 2 aromatic rings. The van der Waals surface area contributed by atoms with Gasteiger partial charge in [0.05, 0.1) is 5.56 Å². The molecule has 0 radical (unpaired) electrons. The van der Waals surface area contributed by atoms with Gasteiger partial charge < -0.3 is 5.11 Å². The zero-order chi connectivity index (χ0) is 13.0. The number of carboxylic acid groups (broad SMARTS) is 1. The zero-order valence-corrected chi connectivity index (χ0v) is 10.8. The predicted molar refractivity (Wildman–Crippen MR) is 74.6 cm³/mol. The molecule has 0 aliphatic carbocycles. The highest BCUT2D eigenvalue weighted by molar-refractivity contribution is 6.17. The molecule has 0 aliphatic rings. The van der Waals surface area contributed by atoms with Crippen LogP contribution in [0.4, 0.5) is 0 Å². The number of unbranched alkanes of at least 4 members (excludes halogenated alkanes) is 1. The summed E-state index contributed by atoms with van der Waals surface area (Å²) < 4.78 is 0. The van der Waals surface area contributed by atoms with E-state index in [0.717, 1.165) is 30.0 Å². The highest BCUT2D eigenvalue weighted by Crippen LogP contribution is 2.24. The summed E-state index contributed by atoms with van der Waals surface area (Å²) in [7, 11) is 0. The summed E-state index contributed by atoms with van der Waals surface area (Å²) in [5.74, 6) is -0.205. The average molecular weight is 263 g/mol. The second-order valence-electron chi connectivity index (χ2n) is 4.27. The van der Waals surface area contributed by atoms with Crippen molar-refractivity contribution in [2.75, 3.05) is 5.88 Å². The number of carboxylic acids is 1. The molecule has 0 fully saturated rings. The molecular formula is C15H15ClO2. The van der Waals surface area contributed by atoms with Gasteiger partial charge in [0.2, 0.25) is 0 Å². The van der Waals surface area contributed by atoms with Gasteiger partial charge in [-0.05, 0) is 41.7 Å². The Morgan fingerprint density at radius 3 is 2.44 bits per heavy atom. The minimum Gasteiger partial charge on any atom is -0.478 e. The quantitative estimate of drug-likeness (QED) is 0.651. The van der Waals surface area contributed by atoms with E-state index >= 15 is 0 Å². The van der Waals surface area contributed by atoms with Crippen molar-refractivity contribution < 1.29 is 9.90 Å². The first-order valence-corrected chi connectivity index (χ1v) is 6.57. The second kappa shape index (κ2) is 5.87. The van der Waals surface area contributed by atoms with E-state index < -0.39 is 5.97 Å². The highest BCUT2D eigenvalue weighted by atomic mass is 35.5. The van der Waals surface area contributed by atoms with Gasteiger partial charge in [-0.3, -0.25) is 0 Å². The van der Waals surface area contributed by atoms with Gasteiger partial charge in [0.1, 0.15) is 0 Å². The number of hydrogen-bond acceptors (Lipinski definition) is 1. The Labute approximate surface area is 111 Å². The number of rotatable bonds is 5. The van der Waals surface area contributed by atoms with Crippen molar-refractivity contribution in [3.63, 3.8) is 0 Å². The second-order valence-corrected chi connectivity index (χ2v) is 4.65. The summed E-state index contributed by atoms with van der Waals surface area (Å²) >= 11 is 5.68. The molecule has 2 rings (SSSR count). The lowest BCUT2D eigenvalue weighted by Gasteiger charge is -2.08. The number of benzene rings is 2.